The molecule has 2 amide bonds. The second kappa shape index (κ2) is 7.50. The van der Waals surface area contributed by atoms with Gasteiger partial charge in [0.15, 0.2) is 0 Å². The summed E-state index contributed by atoms with van der Waals surface area (Å²) in [7, 11) is 0. The molecule has 4 nitrogen and oxygen atoms in total. The number of rotatable bonds is 5. The van der Waals surface area contributed by atoms with Gasteiger partial charge in [0.05, 0.1) is 10.0 Å². The van der Waals surface area contributed by atoms with Crippen LogP contribution in [-0.2, 0) is 9.59 Å². The molecule has 1 aromatic carbocycles. The molecule has 0 spiro atoms. The van der Waals surface area contributed by atoms with Gasteiger partial charge in [-0.2, -0.15) is 0 Å². The number of hydrogen-bond donors (Lipinski definition) is 1. The van der Waals surface area contributed by atoms with Gasteiger partial charge in [0, 0.05) is 31.6 Å². The summed E-state index contributed by atoms with van der Waals surface area (Å²) in [6.07, 6.45) is 0.234. The van der Waals surface area contributed by atoms with E-state index in [1.165, 1.54) is 11.8 Å². The molecule has 1 aromatic rings. The molecule has 0 saturated heterocycles. The molecule has 0 fully saturated rings. The van der Waals surface area contributed by atoms with Crippen molar-refractivity contribution in [1.82, 2.24) is 5.32 Å². The molecular weight excluding hydrogens is 299 g/mol. The monoisotopic (exact) mass is 316 g/mol. The van der Waals surface area contributed by atoms with Crippen molar-refractivity contribution in [3.8, 4) is 0 Å². The van der Waals surface area contributed by atoms with E-state index in [0.29, 0.717) is 22.3 Å². The number of halogens is 2. The van der Waals surface area contributed by atoms with Crippen LogP contribution in [0.1, 0.15) is 27.2 Å². The number of carbonyl (C=O) groups excluding carboxylic acids is 2. The number of hydrogen-bond acceptors (Lipinski definition) is 2. The zero-order chi connectivity index (χ0) is 15.3. The highest BCUT2D eigenvalue weighted by atomic mass is 35.5. The highest BCUT2D eigenvalue weighted by molar-refractivity contribution is 6.42. The number of anilines is 1. The Morgan fingerprint density at radius 3 is 2.40 bits per heavy atom. The molecule has 0 saturated carbocycles. The minimum Gasteiger partial charge on any atom is -0.354 e. The van der Waals surface area contributed by atoms with Crippen LogP contribution in [0.3, 0.4) is 0 Å². The first kappa shape index (κ1) is 16.8. The number of nitrogens with one attached hydrogen (secondary N) is 1. The quantitative estimate of drug-likeness (QED) is 0.906. The predicted molar refractivity (Wildman–Crippen MR) is 82.4 cm³/mol. The second-order valence-electron chi connectivity index (χ2n) is 4.74. The van der Waals surface area contributed by atoms with Gasteiger partial charge < -0.3 is 10.2 Å². The topological polar surface area (TPSA) is 49.4 Å². The fraction of sp³-hybridized carbons (Fsp3) is 0.429. The van der Waals surface area contributed by atoms with Crippen LogP contribution in [0.25, 0.3) is 0 Å². The van der Waals surface area contributed by atoms with Crippen LogP contribution in [0.15, 0.2) is 18.2 Å². The zero-order valence-corrected chi connectivity index (χ0v) is 13.3. The Balaban J connectivity index is 2.77. The maximum atomic E-state index is 11.7. The summed E-state index contributed by atoms with van der Waals surface area (Å²) in [5, 5.41) is 3.59. The molecule has 1 N–H and O–H groups in total. The van der Waals surface area contributed by atoms with Crippen molar-refractivity contribution in [2.45, 2.75) is 33.2 Å². The number of nitrogens with zero attached hydrogens (tertiary/aromatic N) is 1. The largest absolute Gasteiger partial charge is 0.354 e. The summed E-state index contributed by atoms with van der Waals surface area (Å²) in [6.45, 7) is 5.52. The van der Waals surface area contributed by atoms with E-state index in [9.17, 15) is 9.59 Å². The average Bonchev–Trinajstić information content (AvgIpc) is 2.32. The standard InChI is InChI=1S/C14H18Cl2N2O2/c1-9(2)17-14(20)6-7-18(10(3)19)11-4-5-12(15)13(16)8-11/h4-5,8-9H,6-7H2,1-3H3,(H,17,20). The molecule has 0 unspecified atom stereocenters. The van der Waals surface area contributed by atoms with Crippen molar-refractivity contribution in [2.75, 3.05) is 11.4 Å². The van der Waals surface area contributed by atoms with Crippen molar-refractivity contribution in [3.05, 3.63) is 28.2 Å². The van der Waals surface area contributed by atoms with Crippen LogP contribution >= 0.6 is 23.2 Å². The summed E-state index contributed by atoms with van der Waals surface area (Å²) >= 11 is 11.8. The lowest BCUT2D eigenvalue weighted by atomic mass is 10.2. The zero-order valence-electron chi connectivity index (χ0n) is 11.7. The Morgan fingerprint density at radius 2 is 1.90 bits per heavy atom. The van der Waals surface area contributed by atoms with E-state index in [-0.39, 0.29) is 24.3 Å². The van der Waals surface area contributed by atoms with E-state index in [2.05, 4.69) is 5.32 Å². The van der Waals surface area contributed by atoms with Crippen LogP contribution in [0.2, 0.25) is 10.0 Å². The number of benzene rings is 1. The minimum atomic E-state index is -0.152. The second-order valence-corrected chi connectivity index (χ2v) is 5.56. The van der Waals surface area contributed by atoms with Crippen molar-refractivity contribution in [1.29, 1.82) is 0 Å². The lowest BCUT2D eigenvalue weighted by Crippen LogP contribution is -2.36. The highest BCUT2D eigenvalue weighted by Gasteiger charge is 2.14. The molecule has 0 aliphatic carbocycles. The molecule has 6 heteroatoms. The van der Waals surface area contributed by atoms with Crippen LogP contribution in [0, 0.1) is 0 Å². The normalized spacial score (nSPS) is 10.5. The molecule has 0 aliphatic heterocycles. The molecule has 110 valence electrons. The maximum absolute atomic E-state index is 11.7. The highest BCUT2D eigenvalue weighted by Crippen LogP contribution is 2.27. The van der Waals surface area contributed by atoms with Gasteiger partial charge in [0.2, 0.25) is 11.8 Å². The molecule has 0 bridgehead atoms. The van der Waals surface area contributed by atoms with Gasteiger partial charge in [-0.1, -0.05) is 23.2 Å². The third-order valence-electron chi connectivity index (χ3n) is 2.61. The SMILES string of the molecule is CC(=O)N(CCC(=O)NC(C)C)c1ccc(Cl)c(Cl)c1. The third-order valence-corrected chi connectivity index (χ3v) is 3.35. The van der Waals surface area contributed by atoms with Gasteiger partial charge >= 0.3 is 0 Å². The predicted octanol–water partition coefficient (Wildman–Crippen LogP) is 3.26. The van der Waals surface area contributed by atoms with Gasteiger partial charge in [-0.25, -0.2) is 0 Å². The fourth-order valence-electron chi connectivity index (χ4n) is 1.73. The Morgan fingerprint density at radius 1 is 1.25 bits per heavy atom. The summed E-state index contributed by atoms with van der Waals surface area (Å²) in [5.41, 5.74) is 0.629. The summed E-state index contributed by atoms with van der Waals surface area (Å²) in [6, 6.07) is 5.03. The van der Waals surface area contributed by atoms with Crippen molar-refractivity contribution in [3.63, 3.8) is 0 Å². The fourth-order valence-corrected chi connectivity index (χ4v) is 2.02. The van der Waals surface area contributed by atoms with E-state index in [0.717, 1.165) is 0 Å². The molecule has 20 heavy (non-hydrogen) atoms. The van der Waals surface area contributed by atoms with Gasteiger partial charge in [0.1, 0.15) is 0 Å². The van der Waals surface area contributed by atoms with E-state index < -0.39 is 0 Å². The van der Waals surface area contributed by atoms with Crippen molar-refractivity contribution in [2.24, 2.45) is 0 Å². The molecule has 0 atom stereocenters. The summed E-state index contributed by atoms with van der Waals surface area (Å²) in [4.78, 5) is 24.8. The summed E-state index contributed by atoms with van der Waals surface area (Å²) in [5.74, 6) is -0.243. The maximum Gasteiger partial charge on any atom is 0.223 e. The first-order valence-electron chi connectivity index (χ1n) is 6.33. The smallest absolute Gasteiger partial charge is 0.223 e. The third kappa shape index (κ3) is 5.02. The number of carbonyl (C=O) groups is 2. The first-order chi connectivity index (χ1) is 9.31. The molecular formula is C14H18Cl2N2O2. The Bertz CT molecular complexity index is 504. The lowest BCUT2D eigenvalue weighted by Gasteiger charge is -2.21. The van der Waals surface area contributed by atoms with E-state index in [4.69, 9.17) is 23.2 Å². The van der Waals surface area contributed by atoms with Crippen LogP contribution in [-0.4, -0.2) is 24.4 Å². The van der Waals surface area contributed by atoms with Gasteiger partial charge in [-0.05, 0) is 32.0 Å². The molecule has 1 rings (SSSR count). The molecule has 0 aliphatic rings. The Kier molecular flexibility index (Phi) is 6.30. The number of amides is 2. The van der Waals surface area contributed by atoms with E-state index >= 15 is 0 Å². The lowest BCUT2D eigenvalue weighted by molar-refractivity contribution is -0.121. The van der Waals surface area contributed by atoms with Gasteiger partial charge in [0.25, 0.3) is 0 Å². The first-order valence-corrected chi connectivity index (χ1v) is 7.09. The van der Waals surface area contributed by atoms with Crippen molar-refractivity contribution >= 4 is 40.7 Å². The van der Waals surface area contributed by atoms with Crippen LogP contribution < -0.4 is 10.2 Å². The van der Waals surface area contributed by atoms with Crippen LogP contribution in [0.5, 0.6) is 0 Å². The Hall–Kier alpha value is -1.26. The van der Waals surface area contributed by atoms with Gasteiger partial charge in [-0.3, -0.25) is 9.59 Å². The van der Waals surface area contributed by atoms with Crippen molar-refractivity contribution < 1.29 is 9.59 Å². The summed E-state index contributed by atoms with van der Waals surface area (Å²) < 4.78 is 0. The van der Waals surface area contributed by atoms with E-state index in [1.54, 1.807) is 18.2 Å². The average molecular weight is 317 g/mol. The minimum absolute atomic E-state index is 0.0817. The molecule has 0 aromatic heterocycles. The molecule has 0 heterocycles. The Labute approximate surface area is 129 Å². The molecule has 0 radical (unpaired) electrons. The van der Waals surface area contributed by atoms with Crippen LogP contribution in [0.4, 0.5) is 5.69 Å². The van der Waals surface area contributed by atoms with Gasteiger partial charge in [-0.15, -0.1) is 0 Å². The van der Waals surface area contributed by atoms with E-state index in [1.807, 2.05) is 13.8 Å².